The molecule has 2 unspecified atom stereocenters. The summed E-state index contributed by atoms with van der Waals surface area (Å²) in [6.45, 7) is 6.29. The Morgan fingerprint density at radius 3 is 2.35 bits per heavy atom. The molecule has 168 valence electrons. The number of fused-ring (bicyclic) bond motifs is 1. The fourth-order valence-electron chi connectivity index (χ4n) is 4.82. The zero-order valence-corrected chi connectivity index (χ0v) is 17.5. The number of ether oxygens (including phenoxy) is 1. The van der Waals surface area contributed by atoms with E-state index >= 15 is 0 Å². The summed E-state index contributed by atoms with van der Waals surface area (Å²) in [5, 5.41) is 8.11. The Hall–Kier alpha value is -2.14. The molecule has 7 nitrogen and oxygen atoms in total. The van der Waals surface area contributed by atoms with E-state index in [0.717, 1.165) is 16.8 Å². The minimum absolute atomic E-state index is 0.135. The summed E-state index contributed by atoms with van der Waals surface area (Å²) in [5.74, 6) is -0.170. The monoisotopic (exact) mass is 437 g/mol. The van der Waals surface area contributed by atoms with Crippen LogP contribution < -0.4 is 21.1 Å². The first kappa shape index (κ1) is 20.7. The van der Waals surface area contributed by atoms with Crippen LogP contribution in [0.4, 0.5) is 18.9 Å². The molecule has 3 aliphatic heterocycles. The van der Waals surface area contributed by atoms with Crippen LogP contribution in [0.5, 0.6) is 0 Å². The average Bonchev–Trinajstić information content (AvgIpc) is 3.43. The van der Waals surface area contributed by atoms with Crippen molar-refractivity contribution in [2.45, 2.75) is 50.7 Å². The van der Waals surface area contributed by atoms with Crippen molar-refractivity contribution in [3.63, 3.8) is 0 Å². The second-order valence-electron chi connectivity index (χ2n) is 8.75. The van der Waals surface area contributed by atoms with Gasteiger partial charge in [-0.05, 0) is 43.4 Å². The molecule has 0 aromatic heterocycles. The lowest BCUT2D eigenvalue weighted by Gasteiger charge is -2.40. The quantitative estimate of drug-likeness (QED) is 0.670. The molecule has 3 N–H and O–H groups in total. The van der Waals surface area contributed by atoms with Crippen molar-refractivity contribution in [3.05, 3.63) is 40.6 Å². The molecular weight excluding hydrogens is 411 g/mol. The lowest BCUT2D eigenvalue weighted by atomic mass is 9.91. The fourth-order valence-corrected chi connectivity index (χ4v) is 4.82. The summed E-state index contributed by atoms with van der Waals surface area (Å²) in [7, 11) is 0. The highest BCUT2D eigenvalue weighted by Gasteiger charge is 2.64. The Labute approximate surface area is 178 Å². The highest BCUT2D eigenvalue weighted by atomic mass is 19.4. The Morgan fingerprint density at radius 2 is 1.77 bits per heavy atom. The van der Waals surface area contributed by atoms with Gasteiger partial charge in [0.2, 0.25) is 0 Å². The van der Waals surface area contributed by atoms with Gasteiger partial charge in [0.1, 0.15) is 12.5 Å². The number of hydrazine groups is 1. The number of rotatable bonds is 3. The van der Waals surface area contributed by atoms with Gasteiger partial charge >= 0.3 is 6.18 Å². The van der Waals surface area contributed by atoms with Crippen LogP contribution in [0.3, 0.4) is 0 Å². The maximum Gasteiger partial charge on any atom is 0.398 e. The van der Waals surface area contributed by atoms with E-state index in [1.165, 1.54) is 0 Å². The van der Waals surface area contributed by atoms with Crippen molar-refractivity contribution in [1.29, 1.82) is 0 Å². The first-order chi connectivity index (χ1) is 14.7. The van der Waals surface area contributed by atoms with Gasteiger partial charge in [-0.2, -0.15) is 13.2 Å². The molecule has 1 saturated carbocycles. The zero-order valence-electron chi connectivity index (χ0n) is 17.5. The third kappa shape index (κ3) is 3.42. The number of hydrogen-bond acceptors (Lipinski definition) is 6. The number of carbonyl (C=O) groups excluding carboxylic acids is 1. The van der Waals surface area contributed by atoms with E-state index in [1.807, 2.05) is 13.8 Å². The SMILES string of the molecule is Cc1cc(C2(C(F)(F)F)CC2)cc(C)c1N1C=C2C(=O)NC(N3CCOCC3)NC2N1. The van der Waals surface area contributed by atoms with Gasteiger partial charge in [-0.15, -0.1) is 0 Å². The van der Waals surface area contributed by atoms with E-state index in [4.69, 9.17) is 4.74 Å². The molecule has 3 fully saturated rings. The highest BCUT2D eigenvalue weighted by Crippen LogP contribution is 2.59. The van der Waals surface area contributed by atoms with Crippen LogP contribution in [-0.2, 0) is 14.9 Å². The summed E-state index contributed by atoms with van der Waals surface area (Å²) in [4.78, 5) is 14.8. The number of nitrogens with zero attached hydrogens (tertiary/aromatic N) is 2. The van der Waals surface area contributed by atoms with E-state index in [2.05, 4.69) is 21.0 Å². The Kier molecular flexibility index (Phi) is 4.81. The minimum Gasteiger partial charge on any atom is -0.379 e. The Morgan fingerprint density at radius 1 is 1.13 bits per heavy atom. The molecule has 2 atom stereocenters. The first-order valence-corrected chi connectivity index (χ1v) is 10.5. The summed E-state index contributed by atoms with van der Waals surface area (Å²) in [5.41, 5.74) is 4.68. The number of benzene rings is 1. The molecule has 1 aromatic carbocycles. The predicted octanol–water partition coefficient (Wildman–Crippen LogP) is 1.77. The van der Waals surface area contributed by atoms with Gasteiger partial charge in [-0.25, -0.2) is 5.43 Å². The van der Waals surface area contributed by atoms with Crippen molar-refractivity contribution < 1.29 is 22.7 Å². The molecule has 1 aromatic rings. The number of hydrogen-bond donors (Lipinski definition) is 3. The second kappa shape index (κ2) is 7.19. The van der Waals surface area contributed by atoms with Crippen LogP contribution in [0.25, 0.3) is 0 Å². The third-order valence-electron chi connectivity index (χ3n) is 6.69. The molecule has 4 aliphatic rings. The van der Waals surface area contributed by atoms with Gasteiger partial charge in [-0.3, -0.25) is 20.0 Å². The van der Waals surface area contributed by atoms with Gasteiger partial charge in [0.15, 0.2) is 0 Å². The number of alkyl halides is 3. The molecule has 0 spiro atoms. The van der Waals surface area contributed by atoms with Crippen LogP contribution in [-0.4, -0.2) is 55.7 Å². The van der Waals surface area contributed by atoms with E-state index in [1.54, 1.807) is 23.3 Å². The average molecular weight is 437 g/mol. The van der Waals surface area contributed by atoms with Crippen molar-refractivity contribution >= 4 is 11.6 Å². The number of aryl methyl sites for hydroxylation is 2. The summed E-state index contributed by atoms with van der Waals surface area (Å²) in [6.07, 6.45) is -2.95. The van der Waals surface area contributed by atoms with Gasteiger partial charge in [0.05, 0.1) is 29.9 Å². The maximum atomic E-state index is 13.6. The van der Waals surface area contributed by atoms with Crippen molar-refractivity contribution in [2.75, 3.05) is 31.3 Å². The Balaban J connectivity index is 1.38. The molecule has 1 aliphatic carbocycles. The van der Waals surface area contributed by atoms with Gasteiger partial charge in [0, 0.05) is 19.3 Å². The normalized spacial score (nSPS) is 28.2. The molecule has 0 bridgehead atoms. The lowest BCUT2D eigenvalue weighted by Crippen LogP contribution is -2.68. The van der Waals surface area contributed by atoms with E-state index < -0.39 is 11.6 Å². The van der Waals surface area contributed by atoms with E-state index in [-0.39, 0.29) is 31.2 Å². The van der Waals surface area contributed by atoms with Crippen LogP contribution in [0.15, 0.2) is 23.9 Å². The van der Waals surface area contributed by atoms with Crippen LogP contribution in [0, 0.1) is 13.8 Å². The van der Waals surface area contributed by atoms with Crippen LogP contribution in [0.2, 0.25) is 0 Å². The topological polar surface area (TPSA) is 68.9 Å². The lowest BCUT2D eigenvalue weighted by molar-refractivity contribution is -0.160. The van der Waals surface area contributed by atoms with Gasteiger partial charge in [0.25, 0.3) is 5.91 Å². The molecule has 0 radical (unpaired) electrons. The molecule has 10 heteroatoms. The van der Waals surface area contributed by atoms with Gasteiger partial charge < -0.3 is 10.1 Å². The maximum absolute atomic E-state index is 13.6. The molecule has 5 rings (SSSR count). The number of morpholine rings is 1. The number of amides is 1. The van der Waals surface area contributed by atoms with E-state index in [9.17, 15) is 18.0 Å². The number of carbonyl (C=O) groups is 1. The van der Waals surface area contributed by atoms with Crippen LogP contribution >= 0.6 is 0 Å². The minimum atomic E-state index is -4.24. The third-order valence-corrected chi connectivity index (χ3v) is 6.69. The van der Waals surface area contributed by atoms with Crippen molar-refractivity contribution in [2.24, 2.45) is 0 Å². The Bertz CT molecular complexity index is 914. The largest absolute Gasteiger partial charge is 0.398 e. The molecule has 31 heavy (non-hydrogen) atoms. The standard InChI is InChI=1S/C21H26F3N5O2/c1-12-9-14(20(3-4-20)21(22,23)24)10-13(2)16(12)29-11-15-17(27-29)25-19(26-18(15)30)28-5-7-31-8-6-28/h9-11,17,19,25,27H,3-8H2,1-2H3,(H,26,30). The second-order valence-corrected chi connectivity index (χ2v) is 8.75. The van der Waals surface area contributed by atoms with E-state index in [0.29, 0.717) is 37.4 Å². The van der Waals surface area contributed by atoms with Crippen LogP contribution in [0.1, 0.15) is 29.5 Å². The predicted molar refractivity (Wildman–Crippen MR) is 108 cm³/mol. The van der Waals surface area contributed by atoms with Crippen molar-refractivity contribution in [1.82, 2.24) is 21.0 Å². The zero-order chi connectivity index (χ0) is 22.0. The summed E-state index contributed by atoms with van der Waals surface area (Å²) >= 11 is 0. The highest BCUT2D eigenvalue weighted by molar-refractivity contribution is 5.97. The molecular formula is C21H26F3N5O2. The number of nitrogens with one attached hydrogen (secondary N) is 3. The molecule has 1 amide bonds. The number of anilines is 1. The smallest absolute Gasteiger partial charge is 0.379 e. The first-order valence-electron chi connectivity index (χ1n) is 10.5. The van der Waals surface area contributed by atoms with Gasteiger partial charge in [-0.1, -0.05) is 12.1 Å². The molecule has 3 heterocycles. The summed E-state index contributed by atoms with van der Waals surface area (Å²) < 4.78 is 46.1. The number of halogens is 3. The summed E-state index contributed by atoms with van der Waals surface area (Å²) in [6, 6.07) is 3.27. The molecule has 2 saturated heterocycles. The fraction of sp³-hybridized carbons (Fsp3) is 0.571. The van der Waals surface area contributed by atoms with Crippen molar-refractivity contribution in [3.8, 4) is 0 Å².